The molecule has 0 aliphatic rings. The molecule has 0 radical (unpaired) electrons. The van der Waals surface area contributed by atoms with Gasteiger partial charge in [-0.1, -0.05) is 17.3 Å². The largest absolute Gasteiger partial charge is 0.497 e. The van der Waals surface area contributed by atoms with Gasteiger partial charge in [-0.2, -0.15) is 10.1 Å². The molecule has 0 aliphatic carbocycles. The number of para-hydroxylation sites is 2. The average molecular weight is 471 g/mol. The zero-order valence-corrected chi connectivity index (χ0v) is 18.8. The van der Waals surface area contributed by atoms with E-state index < -0.39 is 0 Å². The van der Waals surface area contributed by atoms with Gasteiger partial charge in [0.15, 0.2) is 5.65 Å². The third-order valence-electron chi connectivity index (χ3n) is 5.39. The van der Waals surface area contributed by atoms with Crippen molar-refractivity contribution in [3.05, 3.63) is 77.3 Å². The fourth-order valence-corrected chi connectivity index (χ4v) is 3.62. The fourth-order valence-electron chi connectivity index (χ4n) is 3.62. The number of nitrogens with zero attached hydrogens (tertiary/aromatic N) is 5. The van der Waals surface area contributed by atoms with E-state index in [1.807, 2.05) is 36.4 Å². The number of ether oxygens (including phenoxy) is 1. The van der Waals surface area contributed by atoms with Crippen molar-refractivity contribution in [1.82, 2.24) is 29.9 Å². The number of carbonyl (C=O) groups excluding carboxylic acids is 1. The predicted octanol–water partition coefficient (Wildman–Crippen LogP) is 3.13. The predicted molar refractivity (Wildman–Crippen MR) is 127 cm³/mol. The van der Waals surface area contributed by atoms with Crippen molar-refractivity contribution in [2.75, 3.05) is 12.4 Å². The first kappa shape index (κ1) is 22.0. The van der Waals surface area contributed by atoms with E-state index in [4.69, 9.17) is 9.26 Å². The molecule has 35 heavy (non-hydrogen) atoms. The molecule has 0 aliphatic heterocycles. The minimum absolute atomic E-state index is 0.172. The number of rotatable bonds is 8. The molecule has 3 aromatic heterocycles. The number of methoxy groups -OCH3 is 1. The van der Waals surface area contributed by atoms with Crippen LogP contribution in [0.3, 0.4) is 0 Å². The Balaban J connectivity index is 1.22. The van der Waals surface area contributed by atoms with Crippen LogP contribution in [0.5, 0.6) is 5.75 Å². The molecule has 0 saturated carbocycles. The summed E-state index contributed by atoms with van der Waals surface area (Å²) < 4.78 is 12.0. The number of amides is 1. The van der Waals surface area contributed by atoms with Crippen LogP contribution in [-0.2, 0) is 11.2 Å². The zero-order valence-electron chi connectivity index (χ0n) is 18.8. The molecular weight excluding hydrogens is 450 g/mol. The lowest BCUT2D eigenvalue weighted by atomic mass is 10.2. The van der Waals surface area contributed by atoms with E-state index in [9.17, 15) is 9.59 Å². The molecule has 0 unspecified atom stereocenters. The van der Waals surface area contributed by atoms with E-state index in [1.54, 1.807) is 19.2 Å². The highest BCUT2D eigenvalue weighted by molar-refractivity contribution is 5.93. The minimum atomic E-state index is -0.279. The molecule has 1 amide bonds. The molecule has 0 spiro atoms. The standard InChI is InChI=1S/C24H21N7O4/c1-34-16-11-9-15(10-12-16)22-29-21(35-30-22)8-4-7-20(32)28-18-5-2-3-6-19(18)31-23-17(13-27-31)24(33)26-14-25-23/h2-3,5-6,9-14H,4,7-8H2,1H3,(H,28,32)(H,25,26,33). The first-order valence-electron chi connectivity index (χ1n) is 10.9. The normalized spacial score (nSPS) is 11.0. The second-order valence-corrected chi connectivity index (χ2v) is 7.68. The second-order valence-electron chi connectivity index (χ2n) is 7.68. The van der Waals surface area contributed by atoms with Gasteiger partial charge in [-0.15, -0.1) is 0 Å². The lowest BCUT2D eigenvalue weighted by Crippen LogP contribution is -2.14. The first-order valence-corrected chi connectivity index (χ1v) is 10.9. The number of anilines is 1. The van der Waals surface area contributed by atoms with Crippen molar-refractivity contribution < 1.29 is 14.1 Å². The van der Waals surface area contributed by atoms with Crippen LogP contribution < -0.4 is 15.6 Å². The van der Waals surface area contributed by atoms with Gasteiger partial charge in [0.1, 0.15) is 11.1 Å². The maximum Gasteiger partial charge on any atom is 0.261 e. The number of nitrogens with one attached hydrogen (secondary N) is 2. The summed E-state index contributed by atoms with van der Waals surface area (Å²) in [6.45, 7) is 0. The van der Waals surface area contributed by atoms with Gasteiger partial charge >= 0.3 is 0 Å². The number of fused-ring (bicyclic) bond motifs is 1. The molecule has 5 aromatic rings. The zero-order chi connectivity index (χ0) is 24.2. The minimum Gasteiger partial charge on any atom is -0.497 e. The molecule has 3 heterocycles. The van der Waals surface area contributed by atoms with Gasteiger partial charge in [0.05, 0.1) is 31.0 Å². The Labute approximate surface area is 198 Å². The highest BCUT2D eigenvalue weighted by Gasteiger charge is 2.14. The summed E-state index contributed by atoms with van der Waals surface area (Å²) in [4.78, 5) is 35.8. The number of aryl methyl sites for hydroxylation is 1. The molecule has 0 bridgehead atoms. The summed E-state index contributed by atoms with van der Waals surface area (Å²) in [7, 11) is 1.61. The number of carbonyl (C=O) groups is 1. The van der Waals surface area contributed by atoms with Crippen molar-refractivity contribution in [2.45, 2.75) is 19.3 Å². The Bertz CT molecular complexity index is 1540. The maximum atomic E-state index is 12.6. The van der Waals surface area contributed by atoms with Gasteiger partial charge in [0, 0.05) is 18.4 Å². The Kier molecular flexibility index (Phi) is 6.03. The molecule has 5 rings (SSSR count). The van der Waals surface area contributed by atoms with Crippen molar-refractivity contribution in [3.8, 4) is 22.8 Å². The third kappa shape index (κ3) is 4.64. The molecule has 11 heteroatoms. The molecule has 176 valence electrons. The Morgan fingerprint density at radius 3 is 2.83 bits per heavy atom. The van der Waals surface area contributed by atoms with E-state index >= 15 is 0 Å². The van der Waals surface area contributed by atoms with Crippen LogP contribution in [0.25, 0.3) is 28.1 Å². The van der Waals surface area contributed by atoms with Crippen molar-refractivity contribution in [3.63, 3.8) is 0 Å². The summed E-state index contributed by atoms with van der Waals surface area (Å²) in [5, 5.41) is 11.6. The van der Waals surface area contributed by atoms with Gasteiger partial charge < -0.3 is 19.6 Å². The van der Waals surface area contributed by atoms with Crippen LogP contribution in [0.1, 0.15) is 18.7 Å². The van der Waals surface area contributed by atoms with E-state index in [1.165, 1.54) is 17.2 Å². The monoisotopic (exact) mass is 471 g/mol. The van der Waals surface area contributed by atoms with E-state index in [2.05, 4.69) is 30.5 Å². The summed E-state index contributed by atoms with van der Waals surface area (Å²) in [5.74, 6) is 1.52. The van der Waals surface area contributed by atoms with Crippen LogP contribution in [0, 0.1) is 0 Å². The second kappa shape index (κ2) is 9.59. The highest BCUT2D eigenvalue weighted by atomic mass is 16.5. The van der Waals surface area contributed by atoms with Crippen molar-refractivity contribution in [1.29, 1.82) is 0 Å². The molecule has 2 N–H and O–H groups in total. The molecule has 2 aromatic carbocycles. The molecule has 0 atom stereocenters. The van der Waals surface area contributed by atoms with E-state index in [0.717, 1.165) is 11.3 Å². The van der Waals surface area contributed by atoms with Crippen molar-refractivity contribution in [2.24, 2.45) is 0 Å². The van der Waals surface area contributed by atoms with Crippen molar-refractivity contribution >= 4 is 22.6 Å². The van der Waals surface area contributed by atoms with Gasteiger partial charge in [-0.05, 0) is 42.8 Å². The number of hydrogen-bond acceptors (Lipinski definition) is 8. The van der Waals surface area contributed by atoms with Crippen LogP contribution >= 0.6 is 0 Å². The number of aromatic nitrogens is 6. The lowest BCUT2D eigenvalue weighted by Gasteiger charge is -2.11. The van der Waals surface area contributed by atoms with Gasteiger partial charge in [-0.3, -0.25) is 9.59 Å². The number of aromatic amines is 1. The summed E-state index contributed by atoms with van der Waals surface area (Å²) in [6.07, 6.45) is 4.02. The maximum absolute atomic E-state index is 12.6. The summed E-state index contributed by atoms with van der Waals surface area (Å²) in [6, 6.07) is 14.6. The van der Waals surface area contributed by atoms with E-state index in [-0.39, 0.29) is 17.9 Å². The highest BCUT2D eigenvalue weighted by Crippen LogP contribution is 2.23. The van der Waals surface area contributed by atoms with Crippen LogP contribution in [0.15, 0.2) is 70.4 Å². The number of H-pyrrole nitrogens is 1. The van der Waals surface area contributed by atoms with Crippen LogP contribution in [-0.4, -0.2) is 42.9 Å². The topological polar surface area (TPSA) is 141 Å². The average Bonchev–Trinajstić information content (AvgIpc) is 3.53. The number of benzene rings is 2. The van der Waals surface area contributed by atoms with Crippen LogP contribution in [0.4, 0.5) is 5.69 Å². The number of hydrogen-bond donors (Lipinski definition) is 2. The summed E-state index contributed by atoms with van der Waals surface area (Å²) in [5.41, 5.74) is 2.11. The van der Waals surface area contributed by atoms with E-state index in [0.29, 0.717) is 47.0 Å². The lowest BCUT2D eigenvalue weighted by molar-refractivity contribution is -0.116. The SMILES string of the molecule is COc1ccc(-c2noc(CCCC(=O)Nc3ccccc3-n3ncc4c(=O)[nH]cnc43)n2)cc1. The van der Waals surface area contributed by atoms with Gasteiger partial charge in [0.25, 0.3) is 5.56 Å². The molecular formula is C24H21N7O4. The Morgan fingerprint density at radius 1 is 1.17 bits per heavy atom. The summed E-state index contributed by atoms with van der Waals surface area (Å²) >= 11 is 0. The first-order chi connectivity index (χ1) is 17.1. The third-order valence-corrected chi connectivity index (χ3v) is 5.39. The Hall–Kier alpha value is -4.80. The molecule has 0 saturated heterocycles. The quantitative estimate of drug-likeness (QED) is 0.352. The molecule has 11 nitrogen and oxygen atoms in total. The molecule has 0 fully saturated rings. The van der Waals surface area contributed by atoms with Gasteiger partial charge in [0.2, 0.25) is 17.6 Å². The smallest absolute Gasteiger partial charge is 0.261 e. The van der Waals surface area contributed by atoms with Crippen LogP contribution in [0.2, 0.25) is 0 Å². The fraction of sp³-hybridized carbons (Fsp3) is 0.167. The van der Waals surface area contributed by atoms with Gasteiger partial charge in [-0.25, -0.2) is 9.67 Å². The Morgan fingerprint density at radius 2 is 2.00 bits per heavy atom.